The van der Waals surface area contributed by atoms with E-state index in [0.29, 0.717) is 29.9 Å². The lowest BCUT2D eigenvalue weighted by molar-refractivity contribution is 0.0887. The van der Waals surface area contributed by atoms with Crippen molar-refractivity contribution in [2.24, 2.45) is 5.41 Å². The third-order valence-corrected chi connectivity index (χ3v) is 5.16. The number of hydrogen-bond acceptors (Lipinski definition) is 3. The Morgan fingerprint density at radius 2 is 1.88 bits per heavy atom. The van der Waals surface area contributed by atoms with Crippen LogP contribution in [0.5, 0.6) is 5.75 Å². The summed E-state index contributed by atoms with van der Waals surface area (Å²) in [6.45, 7) is 6.18. The van der Waals surface area contributed by atoms with Gasteiger partial charge in [0.25, 0.3) is 0 Å². The van der Waals surface area contributed by atoms with Crippen LogP contribution in [0.1, 0.15) is 65.5 Å². The van der Waals surface area contributed by atoms with Gasteiger partial charge in [0, 0.05) is 12.0 Å². The van der Waals surface area contributed by atoms with Gasteiger partial charge in [-0.15, -0.1) is 0 Å². The first-order valence-corrected chi connectivity index (χ1v) is 8.79. The van der Waals surface area contributed by atoms with E-state index in [-0.39, 0.29) is 17.0 Å². The van der Waals surface area contributed by atoms with Crippen molar-refractivity contribution >= 4 is 11.6 Å². The lowest BCUT2D eigenvalue weighted by Crippen LogP contribution is -2.30. The fraction of sp³-hybridized carbons (Fsp3) is 0.364. The van der Waals surface area contributed by atoms with Crippen molar-refractivity contribution in [2.45, 2.75) is 46.6 Å². The van der Waals surface area contributed by atoms with Crippen molar-refractivity contribution in [1.29, 1.82) is 0 Å². The van der Waals surface area contributed by atoms with Gasteiger partial charge in [-0.2, -0.15) is 0 Å². The Kier molecular flexibility index (Phi) is 4.76. The highest BCUT2D eigenvalue weighted by Crippen LogP contribution is 2.41. The van der Waals surface area contributed by atoms with E-state index in [1.54, 1.807) is 13.0 Å². The third kappa shape index (κ3) is 3.65. The minimum atomic E-state index is -0.0454. The summed E-state index contributed by atoms with van der Waals surface area (Å²) in [6.07, 6.45) is 2.26. The van der Waals surface area contributed by atoms with Crippen LogP contribution in [0.25, 0.3) is 0 Å². The average molecular weight is 336 g/mol. The second-order valence-corrected chi connectivity index (χ2v) is 7.28. The zero-order valence-corrected chi connectivity index (χ0v) is 15.1. The molecule has 0 N–H and O–H groups in total. The molecular weight excluding hydrogens is 312 g/mol. The van der Waals surface area contributed by atoms with E-state index in [1.807, 2.05) is 36.4 Å². The van der Waals surface area contributed by atoms with Crippen molar-refractivity contribution in [1.82, 2.24) is 0 Å². The topological polar surface area (TPSA) is 43.4 Å². The molecule has 3 nitrogen and oxygen atoms in total. The maximum atomic E-state index is 12.8. The molecule has 25 heavy (non-hydrogen) atoms. The summed E-state index contributed by atoms with van der Waals surface area (Å²) in [6, 6.07) is 13.4. The maximum absolute atomic E-state index is 12.8. The Labute approximate surface area is 149 Å². The normalized spacial score (nSPS) is 19.4. The number of benzene rings is 2. The zero-order valence-electron chi connectivity index (χ0n) is 15.1. The van der Waals surface area contributed by atoms with Gasteiger partial charge in [-0.1, -0.05) is 44.2 Å². The van der Waals surface area contributed by atoms with E-state index < -0.39 is 0 Å². The number of carbonyl (C=O) groups is 2. The highest BCUT2D eigenvalue weighted by Gasteiger charge is 2.35. The summed E-state index contributed by atoms with van der Waals surface area (Å²) < 4.78 is 5.98. The summed E-state index contributed by atoms with van der Waals surface area (Å²) >= 11 is 0. The molecule has 0 aliphatic heterocycles. The maximum Gasteiger partial charge on any atom is 0.167 e. The molecule has 2 aromatic carbocycles. The Balaban J connectivity index is 2.00. The molecule has 0 saturated carbocycles. The predicted molar refractivity (Wildman–Crippen MR) is 98.3 cm³/mol. The number of carbonyl (C=O) groups excluding carboxylic acids is 2. The van der Waals surface area contributed by atoms with E-state index in [1.165, 1.54) is 0 Å². The molecule has 0 aromatic heterocycles. The van der Waals surface area contributed by atoms with Crippen LogP contribution in [-0.2, 0) is 13.0 Å². The lowest BCUT2D eigenvalue weighted by Gasteiger charge is -2.34. The standard InChI is InChI=1S/C22H24O3/c1-4-22(3)12-18-10-17(15(2)23)11-20(21(18)19(24)13-22)25-14-16-8-6-5-7-9-16/h5-11H,4,12-14H2,1-3H3. The molecule has 1 unspecified atom stereocenters. The molecular formula is C22H24O3. The monoisotopic (exact) mass is 336 g/mol. The van der Waals surface area contributed by atoms with E-state index in [9.17, 15) is 9.59 Å². The highest BCUT2D eigenvalue weighted by atomic mass is 16.5. The fourth-order valence-electron chi connectivity index (χ4n) is 3.43. The van der Waals surface area contributed by atoms with E-state index >= 15 is 0 Å². The zero-order chi connectivity index (χ0) is 18.0. The summed E-state index contributed by atoms with van der Waals surface area (Å²) in [4.78, 5) is 24.7. The molecule has 0 heterocycles. The minimum Gasteiger partial charge on any atom is -0.488 e. The lowest BCUT2D eigenvalue weighted by atomic mass is 9.70. The van der Waals surface area contributed by atoms with Gasteiger partial charge in [0.1, 0.15) is 12.4 Å². The van der Waals surface area contributed by atoms with Crippen molar-refractivity contribution in [3.05, 3.63) is 64.7 Å². The second kappa shape index (κ2) is 6.83. The van der Waals surface area contributed by atoms with Gasteiger partial charge in [-0.25, -0.2) is 0 Å². The molecule has 1 atom stereocenters. The summed E-state index contributed by atoms with van der Waals surface area (Å²) in [5.74, 6) is 0.641. The molecule has 3 heteroatoms. The Morgan fingerprint density at radius 1 is 1.16 bits per heavy atom. The van der Waals surface area contributed by atoms with Gasteiger partial charge in [-0.3, -0.25) is 9.59 Å². The Hall–Kier alpha value is -2.42. The van der Waals surface area contributed by atoms with E-state index in [2.05, 4.69) is 13.8 Å². The van der Waals surface area contributed by atoms with Crippen LogP contribution >= 0.6 is 0 Å². The summed E-state index contributed by atoms with van der Waals surface area (Å²) in [5, 5.41) is 0. The van der Waals surface area contributed by atoms with Crippen LogP contribution in [0.15, 0.2) is 42.5 Å². The van der Waals surface area contributed by atoms with E-state index in [4.69, 9.17) is 4.74 Å². The van der Waals surface area contributed by atoms with Crippen LogP contribution in [-0.4, -0.2) is 11.6 Å². The predicted octanol–water partition coefficient (Wildman–Crippen LogP) is 5.01. The molecule has 0 saturated heterocycles. The third-order valence-electron chi connectivity index (χ3n) is 5.16. The van der Waals surface area contributed by atoms with Gasteiger partial charge in [0.2, 0.25) is 0 Å². The van der Waals surface area contributed by atoms with Gasteiger partial charge in [0.15, 0.2) is 11.6 Å². The van der Waals surface area contributed by atoms with Crippen LogP contribution in [0, 0.1) is 5.41 Å². The van der Waals surface area contributed by atoms with Crippen molar-refractivity contribution < 1.29 is 14.3 Å². The summed E-state index contributed by atoms with van der Waals surface area (Å²) in [5.41, 5.74) is 3.19. The molecule has 2 aromatic rings. The van der Waals surface area contributed by atoms with Gasteiger partial charge >= 0.3 is 0 Å². The molecule has 1 aliphatic rings. The molecule has 0 spiro atoms. The second-order valence-electron chi connectivity index (χ2n) is 7.28. The van der Waals surface area contributed by atoms with Crippen molar-refractivity contribution in [3.8, 4) is 5.75 Å². The largest absolute Gasteiger partial charge is 0.488 e. The number of Topliss-reactive ketones (excluding diaryl/α,β-unsaturated/α-hetero) is 2. The van der Waals surface area contributed by atoms with Gasteiger partial charge < -0.3 is 4.74 Å². The molecule has 0 fully saturated rings. The van der Waals surface area contributed by atoms with E-state index in [0.717, 1.165) is 24.0 Å². The molecule has 1 aliphatic carbocycles. The van der Waals surface area contributed by atoms with Crippen LogP contribution in [0.2, 0.25) is 0 Å². The van der Waals surface area contributed by atoms with Gasteiger partial charge in [-0.05, 0) is 48.4 Å². The highest BCUT2D eigenvalue weighted by molar-refractivity contribution is 6.04. The smallest absolute Gasteiger partial charge is 0.167 e. The number of hydrogen-bond donors (Lipinski definition) is 0. The number of ketones is 2. The average Bonchev–Trinajstić information content (AvgIpc) is 2.59. The SMILES string of the molecule is CCC1(C)CC(=O)c2c(cc(C(C)=O)cc2OCc2ccccc2)C1. The summed E-state index contributed by atoms with van der Waals surface area (Å²) in [7, 11) is 0. The Morgan fingerprint density at radius 3 is 2.52 bits per heavy atom. The number of rotatable bonds is 5. The van der Waals surface area contributed by atoms with Crippen molar-refractivity contribution in [2.75, 3.05) is 0 Å². The molecule has 0 amide bonds. The minimum absolute atomic E-state index is 0.0106. The quantitative estimate of drug-likeness (QED) is 0.721. The number of fused-ring (bicyclic) bond motifs is 1. The molecule has 3 rings (SSSR count). The fourth-order valence-corrected chi connectivity index (χ4v) is 3.43. The van der Waals surface area contributed by atoms with Crippen LogP contribution in [0.3, 0.4) is 0 Å². The van der Waals surface area contributed by atoms with Crippen LogP contribution < -0.4 is 4.74 Å². The first kappa shape index (κ1) is 17.4. The molecule has 130 valence electrons. The first-order chi connectivity index (χ1) is 11.9. The number of ether oxygens (including phenoxy) is 1. The first-order valence-electron chi connectivity index (χ1n) is 8.79. The molecule has 0 radical (unpaired) electrons. The van der Waals surface area contributed by atoms with Crippen molar-refractivity contribution in [3.63, 3.8) is 0 Å². The molecule has 0 bridgehead atoms. The van der Waals surface area contributed by atoms with Crippen LogP contribution in [0.4, 0.5) is 0 Å². The Bertz CT molecular complexity index is 808. The van der Waals surface area contributed by atoms with Gasteiger partial charge in [0.05, 0.1) is 5.56 Å².